The number of nitrogens with one attached hydrogen (secondary N) is 2. The Morgan fingerprint density at radius 1 is 1.13 bits per heavy atom. The Kier molecular flexibility index (Phi) is 5.40. The zero-order valence-corrected chi connectivity index (χ0v) is 16.7. The van der Waals surface area contributed by atoms with Crippen LogP contribution in [0.2, 0.25) is 0 Å². The molecule has 31 heavy (non-hydrogen) atoms. The zero-order valence-electron chi connectivity index (χ0n) is 16.7. The molecule has 9 nitrogen and oxygen atoms in total. The highest BCUT2D eigenvalue weighted by molar-refractivity contribution is 6.50. The van der Waals surface area contributed by atoms with E-state index in [4.69, 9.17) is 9.84 Å². The quantitative estimate of drug-likeness (QED) is 0.398. The highest BCUT2D eigenvalue weighted by atomic mass is 16.5. The Bertz CT molecular complexity index is 1230. The molecule has 0 radical (unpaired) electrons. The number of hydrogen-bond acceptors (Lipinski definition) is 5. The molecule has 158 valence electrons. The van der Waals surface area contributed by atoms with Gasteiger partial charge in [-0.15, -0.1) is 0 Å². The van der Waals surface area contributed by atoms with Gasteiger partial charge in [0.05, 0.1) is 18.3 Å². The van der Waals surface area contributed by atoms with Gasteiger partial charge in [-0.05, 0) is 24.6 Å². The van der Waals surface area contributed by atoms with Crippen LogP contribution in [0.3, 0.4) is 0 Å². The Hall–Kier alpha value is -4.14. The van der Waals surface area contributed by atoms with Crippen LogP contribution < -0.4 is 15.4 Å². The molecule has 0 bridgehead atoms. The van der Waals surface area contributed by atoms with Crippen LogP contribution in [0.5, 0.6) is 5.75 Å². The molecule has 0 saturated carbocycles. The zero-order chi connectivity index (χ0) is 22.0. The van der Waals surface area contributed by atoms with Gasteiger partial charge < -0.3 is 19.7 Å². The summed E-state index contributed by atoms with van der Waals surface area (Å²) in [7, 11) is 1.51. The number of hydrogen-bond donors (Lipinski definition) is 3. The van der Waals surface area contributed by atoms with E-state index in [1.165, 1.54) is 7.11 Å². The minimum Gasteiger partial charge on any atom is -0.496 e. The average molecular weight is 420 g/mol. The largest absolute Gasteiger partial charge is 0.496 e. The molecule has 0 fully saturated rings. The number of rotatable bonds is 7. The lowest BCUT2D eigenvalue weighted by atomic mass is 9.96. The van der Waals surface area contributed by atoms with E-state index in [0.717, 1.165) is 5.39 Å². The van der Waals surface area contributed by atoms with Crippen molar-refractivity contribution in [3.05, 3.63) is 59.9 Å². The molecule has 0 unspecified atom stereocenters. The first-order chi connectivity index (χ1) is 15.0. The standard InChI is InChI=1S/C22H20N4O5/c1-31-16-8-3-2-6-14(16)17-18(21(28)25-20(17)27)15-12-26(11-5-10-24-22(29)30)19-13(15)7-4-9-23-19/h2-4,6-9,12,24H,5,10-11H2,1H3,(H,29,30)(H,25,27,28). The van der Waals surface area contributed by atoms with Crippen molar-refractivity contribution in [2.24, 2.45) is 0 Å². The molecule has 0 atom stereocenters. The summed E-state index contributed by atoms with van der Waals surface area (Å²) < 4.78 is 7.26. The number of ether oxygens (including phenoxy) is 1. The number of imide groups is 1. The number of para-hydroxylation sites is 1. The summed E-state index contributed by atoms with van der Waals surface area (Å²) in [5.41, 5.74) is 2.26. The van der Waals surface area contributed by atoms with Crippen LogP contribution in [0.15, 0.2) is 48.8 Å². The van der Waals surface area contributed by atoms with Gasteiger partial charge in [-0.1, -0.05) is 18.2 Å². The Labute approximate surface area is 177 Å². The number of fused-ring (bicyclic) bond motifs is 1. The van der Waals surface area contributed by atoms with Crippen molar-refractivity contribution in [2.75, 3.05) is 13.7 Å². The average Bonchev–Trinajstić information content (AvgIpc) is 3.27. The van der Waals surface area contributed by atoms with Crippen molar-refractivity contribution < 1.29 is 24.2 Å². The van der Waals surface area contributed by atoms with Crippen LogP contribution in [0.1, 0.15) is 17.5 Å². The number of aryl methyl sites for hydroxylation is 1. The van der Waals surface area contributed by atoms with E-state index in [1.807, 2.05) is 10.6 Å². The third-order valence-electron chi connectivity index (χ3n) is 5.06. The van der Waals surface area contributed by atoms with E-state index >= 15 is 0 Å². The van der Waals surface area contributed by atoms with E-state index in [2.05, 4.69) is 15.6 Å². The molecule has 3 N–H and O–H groups in total. The molecule has 0 aliphatic carbocycles. The van der Waals surface area contributed by atoms with Gasteiger partial charge in [0.15, 0.2) is 0 Å². The summed E-state index contributed by atoms with van der Waals surface area (Å²) >= 11 is 0. The minimum absolute atomic E-state index is 0.248. The van der Waals surface area contributed by atoms with E-state index in [-0.39, 0.29) is 17.7 Å². The highest BCUT2D eigenvalue weighted by Gasteiger charge is 2.35. The van der Waals surface area contributed by atoms with Gasteiger partial charge in [-0.25, -0.2) is 9.78 Å². The van der Waals surface area contributed by atoms with E-state index in [0.29, 0.717) is 35.5 Å². The molecule has 1 aliphatic heterocycles. The topological polar surface area (TPSA) is 123 Å². The second-order valence-electron chi connectivity index (χ2n) is 6.93. The Balaban J connectivity index is 1.84. The second-order valence-corrected chi connectivity index (χ2v) is 6.93. The molecule has 1 aliphatic rings. The van der Waals surface area contributed by atoms with Gasteiger partial charge in [-0.3, -0.25) is 14.9 Å². The number of carbonyl (C=O) groups is 3. The molecule has 4 rings (SSSR count). The van der Waals surface area contributed by atoms with Gasteiger partial charge in [0.1, 0.15) is 11.4 Å². The summed E-state index contributed by atoms with van der Waals surface area (Å²) in [6, 6.07) is 10.6. The van der Waals surface area contributed by atoms with Crippen LogP contribution >= 0.6 is 0 Å². The fourth-order valence-corrected chi connectivity index (χ4v) is 3.76. The lowest BCUT2D eigenvalue weighted by Gasteiger charge is -2.09. The summed E-state index contributed by atoms with van der Waals surface area (Å²) in [5.74, 6) is -0.484. The highest BCUT2D eigenvalue weighted by Crippen LogP contribution is 2.38. The van der Waals surface area contributed by atoms with Crippen LogP contribution in [0.4, 0.5) is 4.79 Å². The van der Waals surface area contributed by atoms with E-state index in [1.54, 1.807) is 42.7 Å². The summed E-state index contributed by atoms with van der Waals surface area (Å²) in [4.78, 5) is 40.6. The summed E-state index contributed by atoms with van der Waals surface area (Å²) in [5, 5.41) is 14.2. The number of carbonyl (C=O) groups excluding carboxylic acids is 2. The maximum absolute atomic E-state index is 12.8. The number of carboxylic acid groups (broad SMARTS) is 1. The molecule has 3 aromatic rings. The first kappa shape index (κ1) is 20.1. The third-order valence-corrected chi connectivity index (χ3v) is 5.06. The van der Waals surface area contributed by atoms with Gasteiger partial charge in [0.25, 0.3) is 11.8 Å². The Morgan fingerprint density at radius 3 is 2.61 bits per heavy atom. The number of benzene rings is 1. The van der Waals surface area contributed by atoms with Gasteiger partial charge >= 0.3 is 6.09 Å². The number of aromatic nitrogens is 2. The predicted octanol–water partition coefficient (Wildman–Crippen LogP) is 2.27. The smallest absolute Gasteiger partial charge is 0.404 e. The molecule has 1 aromatic carbocycles. The van der Waals surface area contributed by atoms with Crippen molar-refractivity contribution in [3.8, 4) is 5.75 Å². The maximum Gasteiger partial charge on any atom is 0.404 e. The number of amides is 3. The molecule has 3 amide bonds. The van der Waals surface area contributed by atoms with Crippen LogP contribution in [-0.2, 0) is 16.1 Å². The van der Waals surface area contributed by atoms with Gasteiger partial charge in [0, 0.05) is 42.0 Å². The van der Waals surface area contributed by atoms with Crippen molar-refractivity contribution >= 4 is 40.1 Å². The van der Waals surface area contributed by atoms with E-state index < -0.39 is 17.9 Å². The molecular weight excluding hydrogens is 400 g/mol. The van der Waals surface area contributed by atoms with Crippen molar-refractivity contribution in [3.63, 3.8) is 0 Å². The van der Waals surface area contributed by atoms with Gasteiger partial charge in [-0.2, -0.15) is 0 Å². The van der Waals surface area contributed by atoms with Crippen molar-refractivity contribution in [1.29, 1.82) is 0 Å². The lowest BCUT2D eigenvalue weighted by Crippen LogP contribution is -2.23. The summed E-state index contributed by atoms with van der Waals surface area (Å²) in [6.07, 6.45) is 2.88. The second kappa shape index (κ2) is 8.31. The SMILES string of the molecule is COc1ccccc1C1=C(c2cn(CCCNC(=O)O)c3ncccc23)C(=O)NC1=O. The van der Waals surface area contributed by atoms with Crippen LogP contribution in [0, 0.1) is 0 Å². The monoisotopic (exact) mass is 420 g/mol. The van der Waals surface area contributed by atoms with Crippen molar-refractivity contribution in [2.45, 2.75) is 13.0 Å². The molecule has 0 saturated heterocycles. The van der Waals surface area contributed by atoms with Crippen molar-refractivity contribution in [1.82, 2.24) is 20.2 Å². The number of pyridine rings is 1. The fraction of sp³-hybridized carbons (Fsp3) is 0.182. The lowest BCUT2D eigenvalue weighted by molar-refractivity contribution is -0.122. The minimum atomic E-state index is -1.08. The molecule has 2 aromatic heterocycles. The van der Waals surface area contributed by atoms with E-state index in [9.17, 15) is 14.4 Å². The molecule has 9 heteroatoms. The normalized spacial score (nSPS) is 13.6. The Morgan fingerprint density at radius 2 is 1.87 bits per heavy atom. The number of nitrogens with zero attached hydrogens (tertiary/aromatic N) is 2. The fourth-order valence-electron chi connectivity index (χ4n) is 3.76. The molecular formula is C22H20N4O5. The molecule has 3 heterocycles. The summed E-state index contributed by atoms with van der Waals surface area (Å²) in [6.45, 7) is 0.770. The predicted molar refractivity (Wildman–Crippen MR) is 113 cm³/mol. The van der Waals surface area contributed by atoms with Crippen LogP contribution in [-0.4, -0.2) is 46.2 Å². The first-order valence-electron chi connectivity index (χ1n) is 9.65. The molecule has 0 spiro atoms. The van der Waals surface area contributed by atoms with Crippen LogP contribution in [0.25, 0.3) is 22.2 Å². The maximum atomic E-state index is 12.8. The third kappa shape index (κ3) is 3.73. The number of methoxy groups -OCH3 is 1. The first-order valence-corrected chi connectivity index (χ1v) is 9.65. The van der Waals surface area contributed by atoms with Gasteiger partial charge in [0.2, 0.25) is 0 Å².